The summed E-state index contributed by atoms with van der Waals surface area (Å²) >= 11 is 4.70. The maximum Gasteiger partial charge on any atom is 0.180 e. The number of rotatable bonds is 3. The molecule has 0 atom stereocenters. The summed E-state index contributed by atoms with van der Waals surface area (Å²) in [7, 11) is 1.72. The second kappa shape index (κ2) is 5.74. The second-order valence-corrected chi connectivity index (χ2v) is 1.76. The van der Waals surface area contributed by atoms with E-state index in [1.807, 2.05) is 0 Å². The van der Waals surface area contributed by atoms with Crippen LogP contribution in [0, 0.1) is 0 Å². The highest BCUT2D eigenvalue weighted by Crippen LogP contribution is 1.56. The van der Waals surface area contributed by atoms with Crippen LogP contribution in [0.2, 0.25) is 0 Å². The van der Waals surface area contributed by atoms with Crippen molar-refractivity contribution in [3.8, 4) is 0 Å². The average molecular weight is 149 g/mol. The summed E-state index contributed by atoms with van der Waals surface area (Å²) in [6.45, 7) is 0.584. The SMILES string of the molecule is CNC(=S)NNCCO. The van der Waals surface area contributed by atoms with Crippen molar-refractivity contribution in [2.45, 2.75) is 0 Å². The summed E-state index contributed by atoms with van der Waals surface area (Å²) < 4.78 is 0. The lowest BCUT2D eigenvalue weighted by atomic mass is 10.7. The molecule has 0 saturated carbocycles. The molecule has 0 aromatic heterocycles. The highest BCUT2D eigenvalue weighted by atomic mass is 32.1. The minimum Gasteiger partial charge on any atom is -0.395 e. The van der Waals surface area contributed by atoms with Crippen LogP contribution in [0.4, 0.5) is 0 Å². The molecular formula is C4H11N3OS. The van der Waals surface area contributed by atoms with Gasteiger partial charge in [0, 0.05) is 13.6 Å². The largest absolute Gasteiger partial charge is 0.395 e. The Labute approximate surface area is 59.6 Å². The maximum absolute atomic E-state index is 8.29. The maximum atomic E-state index is 8.29. The Bertz CT molecular complexity index is 87.9. The Balaban J connectivity index is 2.97. The van der Waals surface area contributed by atoms with Crippen LogP contribution in [0.25, 0.3) is 0 Å². The monoisotopic (exact) mass is 149 g/mol. The molecule has 0 aliphatic rings. The minimum atomic E-state index is 0.0966. The van der Waals surface area contributed by atoms with Gasteiger partial charge in [0.1, 0.15) is 0 Å². The lowest BCUT2D eigenvalue weighted by Crippen LogP contribution is -2.43. The van der Waals surface area contributed by atoms with Crippen molar-refractivity contribution < 1.29 is 5.11 Å². The molecule has 0 aliphatic heterocycles. The normalized spacial score (nSPS) is 8.67. The molecule has 0 spiro atoms. The lowest BCUT2D eigenvalue weighted by Gasteiger charge is -2.05. The molecule has 4 nitrogen and oxygen atoms in total. The molecule has 0 aliphatic carbocycles. The van der Waals surface area contributed by atoms with Gasteiger partial charge in [0.05, 0.1) is 6.61 Å². The molecule has 0 heterocycles. The highest BCUT2D eigenvalue weighted by molar-refractivity contribution is 7.80. The minimum absolute atomic E-state index is 0.0966. The van der Waals surface area contributed by atoms with Crippen molar-refractivity contribution in [2.75, 3.05) is 20.2 Å². The zero-order chi connectivity index (χ0) is 7.11. The first-order valence-electron chi connectivity index (χ1n) is 2.62. The predicted molar refractivity (Wildman–Crippen MR) is 39.9 cm³/mol. The van der Waals surface area contributed by atoms with E-state index in [2.05, 4.69) is 16.2 Å². The number of aliphatic hydroxyl groups excluding tert-OH is 1. The fourth-order valence-corrected chi connectivity index (χ4v) is 0.333. The number of hydrogen-bond acceptors (Lipinski definition) is 3. The molecule has 0 radical (unpaired) electrons. The Hall–Kier alpha value is -0.390. The number of nitrogens with one attached hydrogen (secondary N) is 3. The molecule has 0 unspecified atom stereocenters. The van der Waals surface area contributed by atoms with Crippen LogP contribution in [0.5, 0.6) is 0 Å². The summed E-state index contributed by atoms with van der Waals surface area (Å²) in [4.78, 5) is 0. The summed E-state index contributed by atoms with van der Waals surface area (Å²) in [5, 5.41) is 11.5. The lowest BCUT2D eigenvalue weighted by molar-refractivity contribution is 0.289. The van der Waals surface area contributed by atoms with Crippen molar-refractivity contribution in [3.63, 3.8) is 0 Å². The van der Waals surface area contributed by atoms with Crippen LogP contribution in [-0.2, 0) is 0 Å². The molecule has 5 heteroatoms. The molecule has 54 valence electrons. The Kier molecular flexibility index (Phi) is 5.49. The number of hydrazine groups is 1. The van der Waals surface area contributed by atoms with E-state index < -0.39 is 0 Å². The van der Waals surface area contributed by atoms with Crippen LogP contribution < -0.4 is 16.2 Å². The van der Waals surface area contributed by atoms with Crippen LogP contribution in [0.1, 0.15) is 0 Å². The van der Waals surface area contributed by atoms with Crippen molar-refractivity contribution >= 4 is 17.3 Å². The van der Waals surface area contributed by atoms with Gasteiger partial charge in [-0.15, -0.1) is 0 Å². The van der Waals surface area contributed by atoms with Crippen LogP contribution >= 0.6 is 12.2 Å². The van der Waals surface area contributed by atoms with Crippen LogP contribution in [0.15, 0.2) is 0 Å². The van der Waals surface area contributed by atoms with Crippen molar-refractivity contribution in [1.82, 2.24) is 16.2 Å². The van der Waals surface area contributed by atoms with E-state index in [1.54, 1.807) is 7.05 Å². The highest BCUT2D eigenvalue weighted by Gasteiger charge is 1.85. The van der Waals surface area contributed by atoms with Gasteiger partial charge in [-0.1, -0.05) is 0 Å². The molecule has 9 heavy (non-hydrogen) atoms. The Morgan fingerprint density at radius 2 is 2.33 bits per heavy atom. The van der Waals surface area contributed by atoms with E-state index in [-0.39, 0.29) is 6.61 Å². The first-order chi connectivity index (χ1) is 4.31. The third-order valence-corrected chi connectivity index (χ3v) is 0.972. The molecule has 0 bridgehead atoms. The first-order valence-corrected chi connectivity index (χ1v) is 3.03. The number of hydrogen-bond donors (Lipinski definition) is 4. The van der Waals surface area contributed by atoms with E-state index in [4.69, 9.17) is 17.3 Å². The third-order valence-electron chi connectivity index (χ3n) is 0.666. The van der Waals surface area contributed by atoms with Gasteiger partial charge < -0.3 is 10.4 Å². The molecule has 0 saturated heterocycles. The van der Waals surface area contributed by atoms with E-state index in [9.17, 15) is 0 Å². The quantitative estimate of drug-likeness (QED) is 0.225. The van der Waals surface area contributed by atoms with Gasteiger partial charge in [-0.3, -0.25) is 5.43 Å². The van der Waals surface area contributed by atoms with E-state index in [0.29, 0.717) is 11.7 Å². The van der Waals surface area contributed by atoms with Crippen molar-refractivity contribution in [1.29, 1.82) is 0 Å². The van der Waals surface area contributed by atoms with Crippen molar-refractivity contribution in [2.24, 2.45) is 0 Å². The standard InChI is InChI=1S/C4H11N3OS/c1-5-4(9)7-6-2-3-8/h6,8H,2-3H2,1H3,(H2,5,7,9). The van der Waals surface area contributed by atoms with Gasteiger partial charge in [-0.2, -0.15) is 0 Å². The van der Waals surface area contributed by atoms with Crippen molar-refractivity contribution in [3.05, 3.63) is 0 Å². The van der Waals surface area contributed by atoms with E-state index in [0.717, 1.165) is 0 Å². The molecule has 0 fully saturated rings. The van der Waals surface area contributed by atoms with Gasteiger partial charge in [0.25, 0.3) is 0 Å². The zero-order valence-electron chi connectivity index (χ0n) is 5.27. The third kappa shape index (κ3) is 5.48. The Morgan fingerprint density at radius 1 is 1.67 bits per heavy atom. The van der Waals surface area contributed by atoms with Gasteiger partial charge in [0.15, 0.2) is 5.11 Å². The van der Waals surface area contributed by atoms with Crippen LogP contribution in [-0.4, -0.2) is 30.4 Å². The van der Waals surface area contributed by atoms with Gasteiger partial charge in [0.2, 0.25) is 0 Å². The summed E-state index contributed by atoms with van der Waals surface area (Å²) in [5.74, 6) is 0. The smallest absolute Gasteiger partial charge is 0.180 e. The number of aliphatic hydroxyl groups is 1. The predicted octanol–water partition coefficient (Wildman–Crippen LogP) is -1.42. The molecule has 0 aromatic rings. The zero-order valence-corrected chi connectivity index (χ0v) is 6.09. The van der Waals surface area contributed by atoms with E-state index >= 15 is 0 Å². The van der Waals surface area contributed by atoms with Gasteiger partial charge >= 0.3 is 0 Å². The number of thiocarbonyl (C=S) groups is 1. The van der Waals surface area contributed by atoms with Crippen LogP contribution in [0.3, 0.4) is 0 Å². The fraction of sp³-hybridized carbons (Fsp3) is 0.750. The Morgan fingerprint density at radius 3 is 2.78 bits per heavy atom. The molecule has 0 amide bonds. The fourth-order valence-electron chi connectivity index (χ4n) is 0.261. The topological polar surface area (TPSA) is 56.3 Å². The van der Waals surface area contributed by atoms with Gasteiger partial charge in [-0.05, 0) is 12.2 Å². The molecular weight excluding hydrogens is 138 g/mol. The molecule has 0 rings (SSSR count). The average Bonchev–Trinajstić information content (AvgIpc) is 1.89. The second-order valence-electron chi connectivity index (χ2n) is 1.35. The molecule has 0 aromatic carbocycles. The van der Waals surface area contributed by atoms with Gasteiger partial charge in [-0.25, -0.2) is 5.43 Å². The summed E-state index contributed by atoms with van der Waals surface area (Å²) in [5.41, 5.74) is 5.33. The van der Waals surface area contributed by atoms with E-state index in [1.165, 1.54) is 0 Å². The first kappa shape index (κ1) is 8.61. The summed E-state index contributed by atoms with van der Waals surface area (Å²) in [6, 6.07) is 0. The summed E-state index contributed by atoms with van der Waals surface area (Å²) in [6.07, 6.45) is 0. The molecule has 4 N–H and O–H groups in total.